The van der Waals surface area contributed by atoms with E-state index in [0.717, 1.165) is 21.6 Å². The van der Waals surface area contributed by atoms with E-state index < -0.39 is 9.84 Å². The van der Waals surface area contributed by atoms with Crippen LogP contribution in [0.4, 0.5) is 5.13 Å². The monoisotopic (exact) mass is 498 g/mol. The number of hydrogen-bond donors (Lipinski definition) is 1. The maximum Gasteiger partial charge on any atom is 0.259 e. The van der Waals surface area contributed by atoms with Crippen molar-refractivity contribution in [3.05, 3.63) is 51.3 Å². The molecule has 0 fully saturated rings. The zero-order valence-electron chi connectivity index (χ0n) is 18.1. The number of fused-ring (bicyclic) bond motifs is 2. The van der Waals surface area contributed by atoms with Crippen LogP contribution < -0.4 is 5.32 Å². The molecule has 0 spiro atoms. The third-order valence-corrected chi connectivity index (χ3v) is 8.20. The summed E-state index contributed by atoms with van der Waals surface area (Å²) in [7, 11) is -3.34. The minimum absolute atomic E-state index is 0.207. The quantitative estimate of drug-likeness (QED) is 0.365. The average Bonchev–Trinajstić information content (AvgIpc) is 3.42. The Morgan fingerprint density at radius 3 is 2.55 bits per heavy atom. The van der Waals surface area contributed by atoms with Crippen molar-refractivity contribution in [1.82, 2.24) is 15.1 Å². The maximum atomic E-state index is 13.3. The van der Waals surface area contributed by atoms with Crippen LogP contribution in [-0.4, -0.2) is 35.7 Å². The molecule has 168 valence electrons. The van der Waals surface area contributed by atoms with Crippen LogP contribution in [0, 0.1) is 20.8 Å². The minimum atomic E-state index is -3.34. The van der Waals surface area contributed by atoms with Crippen LogP contribution in [-0.2, 0) is 9.84 Å². The van der Waals surface area contributed by atoms with E-state index >= 15 is 0 Å². The van der Waals surface area contributed by atoms with Crippen LogP contribution >= 0.6 is 22.7 Å². The molecule has 33 heavy (non-hydrogen) atoms. The fraction of sp³-hybridized carbons (Fsp3) is 0.182. The normalized spacial score (nSPS) is 12.0. The van der Waals surface area contributed by atoms with Crippen molar-refractivity contribution in [2.24, 2.45) is 0 Å². The van der Waals surface area contributed by atoms with Crippen LogP contribution in [0.15, 0.2) is 39.8 Å². The average molecular weight is 499 g/mol. The number of carbonyl (C=O) groups excluding carboxylic acids is 1. The van der Waals surface area contributed by atoms with Crippen molar-refractivity contribution in [3.63, 3.8) is 0 Å². The number of thiophene rings is 1. The molecular formula is C22H18N4O4S3. The third kappa shape index (κ3) is 3.92. The van der Waals surface area contributed by atoms with Gasteiger partial charge in [-0.05, 0) is 51.1 Å². The Morgan fingerprint density at radius 2 is 1.85 bits per heavy atom. The van der Waals surface area contributed by atoms with Gasteiger partial charge in [-0.3, -0.25) is 10.1 Å². The number of amides is 1. The number of hydrogen-bond acceptors (Lipinski definition) is 9. The number of aryl methyl sites for hydroxylation is 3. The lowest BCUT2D eigenvalue weighted by Gasteiger charge is -2.06. The fourth-order valence-corrected chi connectivity index (χ4v) is 6.21. The van der Waals surface area contributed by atoms with Crippen LogP contribution in [0.5, 0.6) is 0 Å². The van der Waals surface area contributed by atoms with Gasteiger partial charge < -0.3 is 4.52 Å². The first-order chi connectivity index (χ1) is 15.6. The van der Waals surface area contributed by atoms with Gasteiger partial charge in [0.05, 0.1) is 37.4 Å². The van der Waals surface area contributed by atoms with E-state index in [2.05, 4.69) is 20.4 Å². The highest BCUT2D eigenvalue weighted by molar-refractivity contribution is 7.90. The molecule has 1 aromatic carbocycles. The van der Waals surface area contributed by atoms with E-state index in [1.54, 1.807) is 36.5 Å². The summed E-state index contributed by atoms with van der Waals surface area (Å²) in [4.78, 5) is 24.8. The highest BCUT2D eigenvalue weighted by Gasteiger charge is 2.22. The van der Waals surface area contributed by atoms with Gasteiger partial charge in [0.15, 0.2) is 15.0 Å². The first-order valence-corrected chi connectivity index (χ1v) is 13.4. The summed E-state index contributed by atoms with van der Waals surface area (Å²) in [6.07, 6.45) is 1.15. The molecule has 5 rings (SSSR count). The number of thiazole rings is 1. The minimum Gasteiger partial charge on any atom is -0.335 e. The second-order valence-corrected chi connectivity index (χ2v) is 12.2. The predicted octanol–water partition coefficient (Wildman–Crippen LogP) is 5.14. The molecule has 0 saturated carbocycles. The molecule has 4 aromatic heterocycles. The van der Waals surface area contributed by atoms with Gasteiger partial charge in [0, 0.05) is 21.6 Å². The van der Waals surface area contributed by atoms with Gasteiger partial charge in [0.1, 0.15) is 0 Å². The lowest BCUT2D eigenvalue weighted by atomic mass is 10.1. The number of nitrogens with one attached hydrogen (secondary N) is 1. The van der Waals surface area contributed by atoms with Gasteiger partial charge in [-0.15, -0.1) is 11.3 Å². The number of aromatic nitrogens is 3. The molecule has 0 atom stereocenters. The topological polar surface area (TPSA) is 115 Å². The number of carbonyl (C=O) groups is 1. The molecule has 0 aliphatic heterocycles. The summed E-state index contributed by atoms with van der Waals surface area (Å²) < 4.78 is 29.7. The molecular weight excluding hydrogens is 480 g/mol. The largest absolute Gasteiger partial charge is 0.335 e. The number of sulfone groups is 1. The van der Waals surface area contributed by atoms with Gasteiger partial charge in [-0.1, -0.05) is 16.5 Å². The van der Waals surface area contributed by atoms with Gasteiger partial charge in [-0.2, -0.15) is 0 Å². The molecule has 1 amide bonds. The Bertz CT molecular complexity index is 1680. The number of anilines is 1. The van der Waals surface area contributed by atoms with E-state index in [0.29, 0.717) is 43.4 Å². The van der Waals surface area contributed by atoms with Crippen molar-refractivity contribution in [3.8, 4) is 11.3 Å². The molecule has 0 radical (unpaired) electrons. The summed E-state index contributed by atoms with van der Waals surface area (Å²) in [6.45, 7) is 5.79. The molecule has 1 N–H and O–H groups in total. The number of nitrogens with zero attached hydrogens (tertiary/aromatic N) is 3. The van der Waals surface area contributed by atoms with Gasteiger partial charge in [-0.25, -0.2) is 18.4 Å². The molecule has 8 nitrogen and oxygen atoms in total. The lowest BCUT2D eigenvalue weighted by Crippen LogP contribution is -2.13. The number of rotatable bonds is 4. The molecule has 5 aromatic rings. The lowest BCUT2D eigenvalue weighted by molar-refractivity contribution is 0.102. The smallest absolute Gasteiger partial charge is 0.259 e. The van der Waals surface area contributed by atoms with E-state index in [-0.39, 0.29) is 10.8 Å². The second-order valence-electron chi connectivity index (χ2n) is 7.70. The predicted molar refractivity (Wildman–Crippen MR) is 130 cm³/mol. The number of benzene rings is 1. The Labute approximate surface area is 197 Å². The maximum absolute atomic E-state index is 13.3. The molecule has 0 aliphatic rings. The van der Waals surface area contributed by atoms with E-state index in [1.807, 2.05) is 19.9 Å². The third-order valence-electron chi connectivity index (χ3n) is 5.19. The fourth-order valence-electron chi connectivity index (χ4n) is 3.65. The van der Waals surface area contributed by atoms with Crippen molar-refractivity contribution >= 4 is 64.9 Å². The Kier molecular flexibility index (Phi) is 5.07. The zero-order valence-corrected chi connectivity index (χ0v) is 20.5. The zero-order chi connectivity index (χ0) is 23.5. The summed E-state index contributed by atoms with van der Waals surface area (Å²) in [5.41, 5.74) is 3.42. The van der Waals surface area contributed by atoms with Gasteiger partial charge in [0.2, 0.25) is 0 Å². The van der Waals surface area contributed by atoms with Crippen molar-refractivity contribution < 1.29 is 17.7 Å². The highest BCUT2D eigenvalue weighted by Crippen LogP contribution is 2.34. The Balaban J connectivity index is 1.57. The van der Waals surface area contributed by atoms with Crippen LogP contribution in [0.3, 0.4) is 0 Å². The van der Waals surface area contributed by atoms with E-state index in [1.165, 1.54) is 17.4 Å². The number of pyridine rings is 1. The Morgan fingerprint density at radius 1 is 1.06 bits per heavy atom. The summed E-state index contributed by atoms with van der Waals surface area (Å²) in [5, 5.41) is 7.74. The summed E-state index contributed by atoms with van der Waals surface area (Å²) in [5.74, 6) is -0.373. The SMILES string of the molecule is Cc1cc(-c2cc(C(=O)Nc3nc4ccc(S(C)(=O)=O)cc4s3)c3c(C)noc3n2)c(C)s1. The standard InChI is InChI=1S/C22H18N4O4S3/c1-10-7-14(12(3)31-10)17-9-15(19-11(2)26-30-21(19)23-17)20(27)25-22-24-16-6-5-13(33(4,28)29)8-18(16)32-22/h5-9H,1-4H3,(H,24,25,27). The van der Waals surface area contributed by atoms with E-state index in [4.69, 9.17) is 4.52 Å². The van der Waals surface area contributed by atoms with Crippen molar-refractivity contribution in [2.75, 3.05) is 11.6 Å². The molecule has 0 saturated heterocycles. The second kappa shape index (κ2) is 7.72. The molecule has 4 heterocycles. The summed E-state index contributed by atoms with van der Waals surface area (Å²) >= 11 is 2.87. The van der Waals surface area contributed by atoms with Crippen LogP contribution in [0.1, 0.15) is 25.8 Å². The van der Waals surface area contributed by atoms with Gasteiger partial charge in [0.25, 0.3) is 11.6 Å². The highest BCUT2D eigenvalue weighted by atomic mass is 32.2. The van der Waals surface area contributed by atoms with Crippen molar-refractivity contribution in [1.29, 1.82) is 0 Å². The Hall–Kier alpha value is -3.15. The van der Waals surface area contributed by atoms with Crippen LogP contribution in [0.2, 0.25) is 0 Å². The summed E-state index contributed by atoms with van der Waals surface area (Å²) in [6, 6.07) is 8.48. The first kappa shape index (κ1) is 21.7. The molecule has 11 heteroatoms. The first-order valence-electron chi connectivity index (χ1n) is 9.86. The van der Waals surface area contributed by atoms with E-state index in [9.17, 15) is 13.2 Å². The van der Waals surface area contributed by atoms with Gasteiger partial charge >= 0.3 is 0 Å². The molecule has 0 aliphatic carbocycles. The molecule has 0 bridgehead atoms. The molecule has 0 unspecified atom stereocenters. The van der Waals surface area contributed by atoms with Crippen molar-refractivity contribution in [2.45, 2.75) is 25.7 Å². The van der Waals surface area contributed by atoms with Crippen LogP contribution in [0.25, 0.3) is 32.6 Å².